The smallest absolute Gasteiger partial charge is 0.243 e. The molecule has 19 heavy (non-hydrogen) atoms. The van der Waals surface area contributed by atoms with E-state index < -0.39 is 16.1 Å². The van der Waals surface area contributed by atoms with Crippen LogP contribution >= 0.6 is 0 Å². The van der Waals surface area contributed by atoms with Crippen molar-refractivity contribution in [2.45, 2.75) is 50.2 Å². The number of aryl methyl sites for hydroxylation is 1. The van der Waals surface area contributed by atoms with Crippen molar-refractivity contribution in [2.24, 2.45) is 0 Å². The van der Waals surface area contributed by atoms with Crippen LogP contribution < -0.4 is 0 Å². The zero-order chi connectivity index (χ0) is 14.0. The molecule has 0 spiro atoms. The summed E-state index contributed by atoms with van der Waals surface area (Å²) in [6.07, 6.45) is 1.72. The van der Waals surface area contributed by atoms with Gasteiger partial charge >= 0.3 is 0 Å². The molecule has 0 radical (unpaired) electrons. The molecule has 4 nitrogen and oxygen atoms in total. The number of hydrogen-bond donors (Lipinski definition) is 1. The van der Waals surface area contributed by atoms with Crippen LogP contribution in [0.2, 0.25) is 0 Å². The van der Waals surface area contributed by atoms with Gasteiger partial charge in [-0.05, 0) is 45.2 Å². The summed E-state index contributed by atoms with van der Waals surface area (Å²) in [5, 5.41) is 9.48. The lowest BCUT2D eigenvalue weighted by Crippen LogP contribution is -2.37. The maximum Gasteiger partial charge on any atom is 0.243 e. The highest BCUT2D eigenvalue weighted by Gasteiger charge is 2.35. The molecule has 0 amide bonds. The van der Waals surface area contributed by atoms with Crippen LogP contribution in [0, 0.1) is 6.92 Å². The Morgan fingerprint density at radius 2 is 2.00 bits per heavy atom. The van der Waals surface area contributed by atoms with Crippen molar-refractivity contribution in [3.63, 3.8) is 0 Å². The second kappa shape index (κ2) is 5.61. The largest absolute Gasteiger partial charge is 0.393 e. The van der Waals surface area contributed by atoms with Crippen LogP contribution in [0.3, 0.4) is 0 Å². The lowest BCUT2D eigenvalue weighted by molar-refractivity contribution is 0.158. The highest BCUT2D eigenvalue weighted by molar-refractivity contribution is 7.89. The molecule has 1 aliphatic rings. The summed E-state index contributed by atoms with van der Waals surface area (Å²) in [6, 6.07) is 6.86. The number of benzene rings is 1. The van der Waals surface area contributed by atoms with E-state index in [2.05, 4.69) is 0 Å². The van der Waals surface area contributed by atoms with Crippen molar-refractivity contribution in [1.29, 1.82) is 0 Å². The van der Waals surface area contributed by atoms with E-state index in [9.17, 15) is 13.5 Å². The molecule has 106 valence electrons. The van der Waals surface area contributed by atoms with Gasteiger partial charge in [-0.15, -0.1) is 0 Å². The van der Waals surface area contributed by atoms with Crippen molar-refractivity contribution in [1.82, 2.24) is 4.31 Å². The molecule has 1 aromatic carbocycles. The molecular weight excluding hydrogens is 262 g/mol. The molecule has 1 aliphatic heterocycles. The predicted molar refractivity (Wildman–Crippen MR) is 74.4 cm³/mol. The Balaban J connectivity index is 2.25. The molecule has 1 fully saturated rings. The highest BCUT2D eigenvalue weighted by Crippen LogP contribution is 2.28. The fraction of sp³-hybridized carbons (Fsp3) is 0.571. The molecule has 2 rings (SSSR count). The van der Waals surface area contributed by atoms with Crippen LogP contribution in [0.15, 0.2) is 29.2 Å². The average Bonchev–Trinajstić information content (AvgIpc) is 2.77. The van der Waals surface area contributed by atoms with Gasteiger partial charge in [0.05, 0.1) is 11.0 Å². The standard InChI is InChI=1S/C14H21NO3S/c1-11-5-7-14(8-6-11)19(17,18)15-9-3-4-13(15)10-12(2)16/h5-8,12-13,16H,3-4,9-10H2,1-2H3. The number of hydrogen-bond acceptors (Lipinski definition) is 3. The first-order chi connectivity index (χ1) is 8.91. The third-order valence-corrected chi connectivity index (χ3v) is 5.53. The van der Waals surface area contributed by atoms with E-state index in [0.29, 0.717) is 17.9 Å². The topological polar surface area (TPSA) is 57.6 Å². The summed E-state index contributed by atoms with van der Waals surface area (Å²) < 4.78 is 26.7. The summed E-state index contributed by atoms with van der Waals surface area (Å²) in [6.45, 7) is 4.19. The van der Waals surface area contributed by atoms with E-state index in [0.717, 1.165) is 18.4 Å². The molecule has 2 atom stereocenters. The molecular formula is C14H21NO3S. The average molecular weight is 283 g/mol. The van der Waals surface area contributed by atoms with E-state index >= 15 is 0 Å². The zero-order valence-corrected chi connectivity index (χ0v) is 12.2. The van der Waals surface area contributed by atoms with Gasteiger partial charge in [0.15, 0.2) is 0 Å². The summed E-state index contributed by atoms with van der Waals surface area (Å²) in [5.41, 5.74) is 1.04. The van der Waals surface area contributed by atoms with Crippen molar-refractivity contribution in [3.8, 4) is 0 Å². The number of aliphatic hydroxyl groups excluding tert-OH is 1. The van der Waals surface area contributed by atoms with Gasteiger partial charge in [0.1, 0.15) is 0 Å². The third kappa shape index (κ3) is 3.16. The first kappa shape index (κ1) is 14.5. The SMILES string of the molecule is Cc1ccc(S(=O)(=O)N2CCCC2CC(C)O)cc1. The minimum absolute atomic E-state index is 0.0775. The lowest BCUT2D eigenvalue weighted by atomic mass is 10.1. The molecule has 1 N–H and O–H groups in total. The Morgan fingerprint density at radius 3 is 2.58 bits per heavy atom. The quantitative estimate of drug-likeness (QED) is 0.918. The fourth-order valence-electron chi connectivity index (χ4n) is 2.60. The molecule has 0 aromatic heterocycles. The van der Waals surface area contributed by atoms with Crippen molar-refractivity contribution in [3.05, 3.63) is 29.8 Å². The summed E-state index contributed by atoms with van der Waals surface area (Å²) in [5.74, 6) is 0. The summed E-state index contributed by atoms with van der Waals surface area (Å²) in [4.78, 5) is 0.343. The van der Waals surface area contributed by atoms with Gasteiger partial charge in [-0.3, -0.25) is 0 Å². The number of sulfonamides is 1. The van der Waals surface area contributed by atoms with Gasteiger partial charge in [-0.1, -0.05) is 17.7 Å². The Hall–Kier alpha value is -0.910. The van der Waals surface area contributed by atoms with E-state index in [1.165, 1.54) is 0 Å². The first-order valence-corrected chi connectivity index (χ1v) is 8.12. The van der Waals surface area contributed by atoms with Gasteiger partial charge in [0, 0.05) is 12.6 Å². The third-order valence-electron chi connectivity index (χ3n) is 3.56. The van der Waals surface area contributed by atoms with Crippen LogP contribution in [-0.2, 0) is 10.0 Å². The first-order valence-electron chi connectivity index (χ1n) is 6.68. The van der Waals surface area contributed by atoms with Crippen LogP contribution in [0.1, 0.15) is 31.7 Å². The van der Waals surface area contributed by atoms with E-state index in [1.54, 1.807) is 23.4 Å². The molecule has 2 unspecified atom stereocenters. The molecule has 0 bridgehead atoms. The molecule has 0 saturated carbocycles. The van der Waals surface area contributed by atoms with E-state index in [4.69, 9.17) is 0 Å². The summed E-state index contributed by atoms with van der Waals surface area (Å²) >= 11 is 0. The lowest BCUT2D eigenvalue weighted by Gasteiger charge is -2.25. The predicted octanol–water partition coefficient (Wildman–Crippen LogP) is 1.92. The van der Waals surface area contributed by atoms with Gasteiger partial charge in [-0.25, -0.2) is 8.42 Å². The maximum absolute atomic E-state index is 12.6. The Labute approximate surface area is 115 Å². The van der Waals surface area contributed by atoms with Crippen molar-refractivity contribution in [2.75, 3.05) is 6.54 Å². The Morgan fingerprint density at radius 1 is 1.37 bits per heavy atom. The van der Waals surface area contributed by atoms with Gasteiger partial charge < -0.3 is 5.11 Å². The number of aliphatic hydroxyl groups is 1. The van der Waals surface area contributed by atoms with Crippen molar-refractivity contribution >= 4 is 10.0 Å². The molecule has 1 aromatic rings. The summed E-state index contributed by atoms with van der Waals surface area (Å²) in [7, 11) is -3.43. The molecule has 1 saturated heterocycles. The monoisotopic (exact) mass is 283 g/mol. The second-order valence-corrected chi connectivity index (χ2v) is 7.20. The normalized spacial score (nSPS) is 22.6. The van der Waals surface area contributed by atoms with Crippen LogP contribution in [0.25, 0.3) is 0 Å². The minimum atomic E-state index is -3.43. The van der Waals surface area contributed by atoms with Crippen LogP contribution in [0.4, 0.5) is 0 Å². The Bertz CT molecular complexity index is 522. The zero-order valence-electron chi connectivity index (χ0n) is 11.4. The van der Waals surface area contributed by atoms with Gasteiger partial charge in [0.2, 0.25) is 10.0 Å². The maximum atomic E-state index is 12.6. The molecule has 5 heteroatoms. The van der Waals surface area contributed by atoms with Gasteiger partial charge in [-0.2, -0.15) is 4.31 Å². The van der Waals surface area contributed by atoms with Gasteiger partial charge in [0.25, 0.3) is 0 Å². The van der Waals surface area contributed by atoms with Crippen LogP contribution in [-0.4, -0.2) is 36.5 Å². The highest BCUT2D eigenvalue weighted by atomic mass is 32.2. The molecule has 1 heterocycles. The molecule has 0 aliphatic carbocycles. The Kier molecular flexibility index (Phi) is 4.28. The van der Waals surface area contributed by atoms with E-state index in [1.807, 2.05) is 19.1 Å². The number of nitrogens with zero attached hydrogens (tertiary/aromatic N) is 1. The number of rotatable bonds is 4. The fourth-order valence-corrected chi connectivity index (χ4v) is 4.30. The minimum Gasteiger partial charge on any atom is -0.393 e. The van der Waals surface area contributed by atoms with Crippen LogP contribution in [0.5, 0.6) is 0 Å². The second-order valence-electron chi connectivity index (χ2n) is 5.31. The van der Waals surface area contributed by atoms with Crippen molar-refractivity contribution < 1.29 is 13.5 Å². The van der Waals surface area contributed by atoms with E-state index in [-0.39, 0.29) is 6.04 Å².